The summed E-state index contributed by atoms with van der Waals surface area (Å²) in [5.74, 6) is -1.17. The lowest BCUT2D eigenvalue weighted by Gasteiger charge is -2.38. The molecule has 1 aromatic carbocycles. The molecule has 0 aliphatic carbocycles. The first-order valence-corrected chi connectivity index (χ1v) is 9.51. The lowest BCUT2D eigenvalue weighted by Crippen LogP contribution is -2.61. The van der Waals surface area contributed by atoms with Gasteiger partial charge < -0.3 is 40.0 Å². The van der Waals surface area contributed by atoms with Gasteiger partial charge >= 0.3 is 5.97 Å². The zero-order chi connectivity index (χ0) is 21.9. The van der Waals surface area contributed by atoms with E-state index in [0.717, 1.165) is 5.56 Å². The minimum absolute atomic E-state index is 0.0663. The van der Waals surface area contributed by atoms with Crippen LogP contribution < -0.4 is 10.1 Å². The monoisotopic (exact) mass is 413 g/mol. The van der Waals surface area contributed by atoms with Gasteiger partial charge in [-0.05, 0) is 52.3 Å². The second-order valence-electron chi connectivity index (χ2n) is 8.42. The predicted octanol–water partition coefficient (Wildman–Crippen LogP) is 1.09. The van der Waals surface area contributed by atoms with E-state index >= 15 is 0 Å². The molecular formula is C20H31NO8. The fourth-order valence-electron chi connectivity index (χ4n) is 2.81. The van der Waals surface area contributed by atoms with E-state index in [2.05, 4.69) is 5.32 Å². The van der Waals surface area contributed by atoms with Gasteiger partial charge in [-0.3, -0.25) is 0 Å². The number of rotatable bonds is 7. The molecule has 1 aromatic rings. The second-order valence-corrected chi connectivity index (χ2v) is 8.42. The average molecular weight is 413 g/mol. The van der Waals surface area contributed by atoms with Crippen molar-refractivity contribution >= 4 is 11.7 Å². The van der Waals surface area contributed by atoms with Crippen LogP contribution >= 0.6 is 0 Å². The summed E-state index contributed by atoms with van der Waals surface area (Å²) >= 11 is 0. The van der Waals surface area contributed by atoms with E-state index in [1.165, 1.54) is 0 Å². The molecule has 2 rings (SSSR count). The third-order valence-electron chi connectivity index (χ3n) is 4.19. The highest BCUT2D eigenvalue weighted by Crippen LogP contribution is 2.32. The molecule has 0 aromatic heterocycles. The maximum absolute atomic E-state index is 11.3. The predicted molar refractivity (Wildman–Crippen MR) is 105 cm³/mol. The fourth-order valence-corrected chi connectivity index (χ4v) is 2.81. The molecule has 9 heteroatoms. The first kappa shape index (κ1) is 23.4. The molecule has 1 saturated heterocycles. The van der Waals surface area contributed by atoms with Crippen molar-refractivity contribution in [3.63, 3.8) is 0 Å². The Hall–Kier alpha value is -1.91. The summed E-state index contributed by atoms with van der Waals surface area (Å²) < 4.78 is 16.5. The van der Waals surface area contributed by atoms with Crippen molar-refractivity contribution in [1.29, 1.82) is 0 Å². The maximum Gasteiger partial charge on any atom is 0.335 e. The highest BCUT2D eigenvalue weighted by atomic mass is 16.7. The summed E-state index contributed by atoms with van der Waals surface area (Å²) in [5.41, 5.74) is 1.16. The van der Waals surface area contributed by atoms with Crippen LogP contribution in [0.25, 0.3) is 0 Å². The topological polar surface area (TPSA) is 138 Å². The number of nitrogens with one attached hydrogen (secondary N) is 1. The molecule has 0 radical (unpaired) electrons. The van der Waals surface area contributed by atoms with Crippen molar-refractivity contribution < 1.29 is 39.4 Å². The zero-order valence-electron chi connectivity index (χ0n) is 17.3. The van der Waals surface area contributed by atoms with Gasteiger partial charge in [0.1, 0.15) is 24.1 Å². The first-order chi connectivity index (χ1) is 13.4. The largest absolute Gasteiger partial charge is 0.479 e. The maximum atomic E-state index is 11.3. The highest BCUT2D eigenvalue weighted by Gasteiger charge is 2.48. The molecule has 0 spiro atoms. The summed E-state index contributed by atoms with van der Waals surface area (Å²) in [6.07, 6.45) is -8.27. The molecular weight excluding hydrogens is 382 g/mol. The minimum atomic E-state index is -1.77. The number of anilines is 1. The molecule has 29 heavy (non-hydrogen) atoms. The van der Waals surface area contributed by atoms with Gasteiger partial charge in [-0.2, -0.15) is 0 Å². The molecule has 1 fully saturated rings. The number of carbonyl (C=O) groups is 1. The fraction of sp³-hybridized carbons (Fsp3) is 0.650. The zero-order valence-corrected chi connectivity index (χ0v) is 17.3. The average Bonchev–Trinajstić information content (AvgIpc) is 2.60. The Bertz CT molecular complexity index is 702. The quantitative estimate of drug-likeness (QED) is 0.445. The van der Waals surface area contributed by atoms with Crippen LogP contribution in [0.3, 0.4) is 0 Å². The van der Waals surface area contributed by atoms with Crippen LogP contribution in [0.1, 0.15) is 40.2 Å². The number of aliphatic hydroxyl groups is 3. The molecule has 164 valence electrons. The van der Waals surface area contributed by atoms with Crippen LogP contribution in [0.15, 0.2) is 18.2 Å². The summed E-state index contributed by atoms with van der Waals surface area (Å²) in [6, 6.07) is 5.26. The number of hydrogen-bond acceptors (Lipinski definition) is 8. The van der Waals surface area contributed by atoms with Crippen LogP contribution in [0, 0.1) is 0 Å². The van der Waals surface area contributed by atoms with E-state index < -0.39 is 36.7 Å². The van der Waals surface area contributed by atoms with Crippen molar-refractivity contribution in [3.8, 4) is 5.75 Å². The molecule has 5 atom stereocenters. The number of benzene rings is 1. The molecule has 1 aliphatic heterocycles. The Labute approximate surface area is 170 Å². The smallest absolute Gasteiger partial charge is 0.335 e. The third kappa shape index (κ3) is 6.28. The standard InChI is InChI=1S/C20H31NO8/c1-10(2)27-9-11-6-7-13(12(8-11)21-20(3,4)5)28-19-16(24)14(22)15(23)17(29-19)18(25)26/h6-8,10,14-17,19,21-24H,9H2,1-5H3,(H,25,26)/t14-,15-,16+,17-,19+/m0/s1. The van der Waals surface area contributed by atoms with Crippen LogP contribution in [0.4, 0.5) is 5.69 Å². The Morgan fingerprint density at radius 2 is 1.83 bits per heavy atom. The lowest BCUT2D eigenvalue weighted by molar-refractivity contribution is -0.271. The van der Waals surface area contributed by atoms with Gasteiger partial charge in [0.25, 0.3) is 0 Å². The number of ether oxygens (including phenoxy) is 3. The normalized spacial score (nSPS) is 27.7. The number of hydrogen-bond donors (Lipinski definition) is 5. The molecule has 9 nitrogen and oxygen atoms in total. The molecule has 0 saturated carbocycles. The van der Waals surface area contributed by atoms with E-state index in [0.29, 0.717) is 18.0 Å². The van der Waals surface area contributed by atoms with Crippen molar-refractivity contribution in [2.75, 3.05) is 5.32 Å². The highest BCUT2D eigenvalue weighted by molar-refractivity contribution is 5.73. The number of carboxylic acid groups (broad SMARTS) is 1. The van der Waals surface area contributed by atoms with Gasteiger partial charge in [0, 0.05) is 5.54 Å². The minimum Gasteiger partial charge on any atom is -0.479 e. The van der Waals surface area contributed by atoms with E-state index in [1.54, 1.807) is 12.1 Å². The molecule has 0 amide bonds. The molecule has 0 unspecified atom stereocenters. The van der Waals surface area contributed by atoms with E-state index in [9.17, 15) is 25.2 Å². The van der Waals surface area contributed by atoms with Crippen molar-refractivity contribution in [1.82, 2.24) is 0 Å². The van der Waals surface area contributed by atoms with E-state index in [1.807, 2.05) is 40.7 Å². The molecule has 1 heterocycles. The summed E-state index contributed by atoms with van der Waals surface area (Å²) in [5, 5.41) is 42.5. The second kappa shape index (κ2) is 9.27. The number of carboxylic acids is 1. The summed E-state index contributed by atoms with van der Waals surface area (Å²) in [7, 11) is 0. The summed E-state index contributed by atoms with van der Waals surface area (Å²) in [4.78, 5) is 11.3. The first-order valence-electron chi connectivity index (χ1n) is 9.51. The van der Waals surface area contributed by atoms with Crippen molar-refractivity contribution in [2.24, 2.45) is 0 Å². The molecule has 5 N–H and O–H groups in total. The Kier molecular flexibility index (Phi) is 7.47. The summed E-state index contributed by atoms with van der Waals surface area (Å²) in [6.45, 7) is 10.1. The van der Waals surface area contributed by atoms with Gasteiger partial charge in [-0.25, -0.2) is 4.79 Å². The SMILES string of the molecule is CC(C)OCc1ccc(O[C@@H]2O[C@H](C(=O)O)[C@@H](O)[C@H](O)[C@H]2O)c(NC(C)(C)C)c1. The number of aliphatic hydroxyl groups excluding tert-OH is 3. The Balaban J connectivity index is 2.28. The van der Waals surface area contributed by atoms with Crippen molar-refractivity contribution in [2.45, 2.75) is 83.6 Å². The van der Waals surface area contributed by atoms with Crippen LogP contribution in [-0.4, -0.2) is 68.7 Å². The van der Waals surface area contributed by atoms with Gasteiger partial charge in [-0.1, -0.05) is 6.07 Å². The lowest BCUT2D eigenvalue weighted by atomic mass is 9.99. The van der Waals surface area contributed by atoms with E-state index in [-0.39, 0.29) is 11.6 Å². The van der Waals surface area contributed by atoms with Gasteiger partial charge in [0.05, 0.1) is 18.4 Å². The Morgan fingerprint density at radius 1 is 1.17 bits per heavy atom. The van der Waals surface area contributed by atoms with Crippen LogP contribution in [-0.2, 0) is 20.9 Å². The number of aliphatic carboxylic acids is 1. The Morgan fingerprint density at radius 3 is 2.38 bits per heavy atom. The third-order valence-corrected chi connectivity index (χ3v) is 4.19. The van der Waals surface area contributed by atoms with Crippen LogP contribution in [0.5, 0.6) is 5.75 Å². The van der Waals surface area contributed by atoms with Crippen LogP contribution in [0.2, 0.25) is 0 Å². The van der Waals surface area contributed by atoms with Gasteiger partial charge in [-0.15, -0.1) is 0 Å². The van der Waals surface area contributed by atoms with Gasteiger partial charge in [0.15, 0.2) is 6.10 Å². The van der Waals surface area contributed by atoms with Gasteiger partial charge in [0.2, 0.25) is 6.29 Å². The van der Waals surface area contributed by atoms with E-state index in [4.69, 9.17) is 14.2 Å². The molecule has 1 aliphatic rings. The molecule has 0 bridgehead atoms. The van der Waals surface area contributed by atoms with Crippen molar-refractivity contribution in [3.05, 3.63) is 23.8 Å².